The van der Waals surface area contributed by atoms with Crippen molar-refractivity contribution in [3.8, 4) is 33.4 Å². The lowest BCUT2D eigenvalue weighted by Crippen LogP contribution is -1.92. The Labute approximate surface area is 319 Å². The Hall–Kier alpha value is -6.32. The van der Waals surface area contributed by atoms with Crippen molar-refractivity contribution in [1.82, 2.24) is 0 Å². The summed E-state index contributed by atoms with van der Waals surface area (Å²) < 4.78 is 5.37. The maximum absolute atomic E-state index is 2.45. The lowest BCUT2D eigenvalue weighted by molar-refractivity contribution is 1.64. The van der Waals surface area contributed by atoms with Crippen molar-refractivity contribution in [2.75, 3.05) is 0 Å². The Morgan fingerprint density at radius 1 is 0.241 bits per heavy atom. The minimum atomic E-state index is 1.24. The van der Waals surface area contributed by atoms with Crippen LogP contribution in [0.3, 0.4) is 0 Å². The van der Waals surface area contributed by atoms with E-state index < -0.39 is 0 Å². The predicted octanol–water partition coefficient (Wildman–Crippen LogP) is 16.0. The number of hydrogen-bond acceptors (Lipinski definition) is 2. The lowest BCUT2D eigenvalue weighted by atomic mass is 9.83. The smallest absolute Gasteiger partial charge is 0.0361 e. The van der Waals surface area contributed by atoms with Crippen LogP contribution in [0.5, 0.6) is 0 Å². The Morgan fingerprint density at radius 2 is 0.704 bits per heavy atom. The van der Waals surface area contributed by atoms with Gasteiger partial charge in [0.05, 0.1) is 0 Å². The fraction of sp³-hybridized carbons (Fsp3) is 0. The second-order valence-electron chi connectivity index (χ2n) is 14.3. The Balaban J connectivity index is 1.10. The molecular formula is C52H30S2. The molecule has 0 fully saturated rings. The van der Waals surface area contributed by atoms with Gasteiger partial charge < -0.3 is 0 Å². The first-order valence-electron chi connectivity index (χ1n) is 18.5. The number of thiophene rings is 2. The minimum absolute atomic E-state index is 1.24. The minimum Gasteiger partial charge on any atom is -0.135 e. The van der Waals surface area contributed by atoms with Crippen LogP contribution < -0.4 is 0 Å². The normalized spacial score (nSPS) is 12.1. The van der Waals surface area contributed by atoms with Gasteiger partial charge in [-0.15, -0.1) is 22.7 Å². The maximum Gasteiger partial charge on any atom is 0.0361 e. The molecule has 12 rings (SSSR count). The summed E-state index contributed by atoms with van der Waals surface area (Å²) in [6, 6.07) is 67.8. The monoisotopic (exact) mass is 718 g/mol. The van der Waals surface area contributed by atoms with Gasteiger partial charge in [-0.1, -0.05) is 158 Å². The molecule has 0 saturated carbocycles. The Kier molecular flexibility index (Phi) is 6.48. The highest BCUT2D eigenvalue weighted by atomic mass is 32.1. The molecule has 2 heteroatoms. The van der Waals surface area contributed by atoms with Gasteiger partial charge in [-0.05, 0) is 101 Å². The second-order valence-corrected chi connectivity index (χ2v) is 16.5. The summed E-state index contributed by atoms with van der Waals surface area (Å²) in [5.74, 6) is 0. The third-order valence-electron chi connectivity index (χ3n) is 11.5. The molecule has 0 aliphatic heterocycles. The first kappa shape index (κ1) is 30.2. The van der Waals surface area contributed by atoms with E-state index in [0.29, 0.717) is 0 Å². The fourth-order valence-corrected chi connectivity index (χ4v) is 11.5. The van der Waals surface area contributed by atoms with Gasteiger partial charge in [0.1, 0.15) is 0 Å². The molecule has 0 aliphatic carbocycles. The van der Waals surface area contributed by atoms with Crippen LogP contribution in [0.4, 0.5) is 0 Å². The Bertz CT molecular complexity index is 3430. The molecule has 0 N–H and O–H groups in total. The van der Waals surface area contributed by atoms with Crippen LogP contribution >= 0.6 is 22.7 Å². The Morgan fingerprint density at radius 3 is 1.35 bits per heavy atom. The van der Waals surface area contributed by atoms with Crippen molar-refractivity contribution >= 4 is 106 Å². The quantitative estimate of drug-likeness (QED) is 0.160. The van der Waals surface area contributed by atoms with Gasteiger partial charge in [-0.25, -0.2) is 0 Å². The summed E-state index contributed by atoms with van der Waals surface area (Å²) in [6.45, 7) is 0. The van der Waals surface area contributed by atoms with E-state index in [1.165, 1.54) is 117 Å². The van der Waals surface area contributed by atoms with E-state index in [1.54, 1.807) is 0 Å². The molecule has 0 atom stereocenters. The summed E-state index contributed by atoms with van der Waals surface area (Å²) in [6.07, 6.45) is 0. The highest BCUT2D eigenvalue weighted by Gasteiger charge is 2.20. The molecule has 2 aromatic heterocycles. The summed E-state index contributed by atoms with van der Waals surface area (Å²) >= 11 is 3.80. The third-order valence-corrected chi connectivity index (χ3v) is 13.7. The summed E-state index contributed by atoms with van der Waals surface area (Å²) in [5, 5.41) is 15.8. The van der Waals surface area contributed by atoms with E-state index in [2.05, 4.69) is 182 Å². The molecule has 250 valence electrons. The highest BCUT2D eigenvalue weighted by molar-refractivity contribution is 7.26. The van der Waals surface area contributed by atoms with E-state index in [-0.39, 0.29) is 0 Å². The number of rotatable bonds is 3. The van der Waals surface area contributed by atoms with Crippen LogP contribution in [0.25, 0.3) is 117 Å². The van der Waals surface area contributed by atoms with Crippen molar-refractivity contribution in [3.63, 3.8) is 0 Å². The van der Waals surface area contributed by atoms with E-state index in [4.69, 9.17) is 0 Å². The van der Waals surface area contributed by atoms with Crippen molar-refractivity contribution < 1.29 is 0 Å². The lowest BCUT2D eigenvalue weighted by Gasteiger charge is -2.19. The van der Waals surface area contributed by atoms with Gasteiger partial charge in [-0.2, -0.15) is 0 Å². The predicted molar refractivity (Wildman–Crippen MR) is 239 cm³/mol. The third kappa shape index (κ3) is 4.30. The fourth-order valence-electron chi connectivity index (χ4n) is 9.18. The zero-order valence-corrected chi connectivity index (χ0v) is 30.8. The summed E-state index contributed by atoms with van der Waals surface area (Å²) in [7, 11) is 0. The first-order chi connectivity index (χ1) is 26.8. The number of fused-ring (bicyclic) bond motifs is 12. The van der Waals surface area contributed by atoms with Gasteiger partial charge in [0.25, 0.3) is 0 Å². The van der Waals surface area contributed by atoms with Crippen LogP contribution in [0.2, 0.25) is 0 Å². The molecule has 12 aromatic rings. The average molecular weight is 719 g/mol. The van der Waals surface area contributed by atoms with Crippen LogP contribution in [0.1, 0.15) is 0 Å². The first-order valence-corrected chi connectivity index (χ1v) is 20.1. The van der Waals surface area contributed by atoms with Crippen molar-refractivity contribution in [1.29, 1.82) is 0 Å². The van der Waals surface area contributed by atoms with Crippen LogP contribution in [-0.2, 0) is 0 Å². The molecule has 54 heavy (non-hydrogen) atoms. The van der Waals surface area contributed by atoms with Crippen LogP contribution in [0.15, 0.2) is 182 Å². The zero-order valence-electron chi connectivity index (χ0n) is 29.1. The number of benzene rings is 10. The summed E-state index contributed by atoms with van der Waals surface area (Å²) in [4.78, 5) is 0. The van der Waals surface area contributed by atoms with Gasteiger partial charge in [0.2, 0.25) is 0 Å². The molecule has 0 saturated heterocycles. The molecule has 0 nitrogen and oxygen atoms in total. The molecule has 0 unspecified atom stereocenters. The maximum atomic E-state index is 2.45. The van der Waals surface area contributed by atoms with Gasteiger partial charge in [-0.3, -0.25) is 0 Å². The van der Waals surface area contributed by atoms with E-state index in [0.717, 1.165) is 0 Å². The SMILES string of the molecule is c1ccc(-c2ccc(-c3c4ccccc4c(-c4ccc5c(c4)sc4ccc6c(ccc7sc8ccccc8c76)c45)c4ccccc34)c3ccccc23)cc1. The number of hydrogen-bond donors (Lipinski definition) is 0. The molecule has 2 heterocycles. The van der Waals surface area contributed by atoms with E-state index in [9.17, 15) is 0 Å². The molecule has 10 aromatic carbocycles. The molecule has 0 aliphatic rings. The standard InChI is InChI=1S/C52H30S2/c1-2-12-31(13-3-1)33-24-25-40(35-15-5-4-14-34(33)35)50-38-18-8-6-16-36(38)49(37-17-7-9-19-39(37)50)32-22-23-44-48(30-32)54-47-29-27-41-42(52(44)47)26-28-46-51(41)43-20-10-11-21-45(43)53-46/h1-30H. The van der Waals surface area contributed by atoms with Crippen LogP contribution in [-0.4, -0.2) is 0 Å². The van der Waals surface area contributed by atoms with Crippen LogP contribution in [0, 0.1) is 0 Å². The van der Waals surface area contributed by atoms with E-state index in [1.807, 2.05) is 22.7 Å². The molecule has 0 spiro atoms. The van der Waals surface area contributed by atoms with Gasteiger partial charge in [0, 0.05) is 40.3 Å². The van der Waals surface area contributed by atoms with Crippen molar-refractivity contribution in [3.05, 3.63) is 182 Å². The molecule has 0 bridgehead atoms. The van der Waals surface area contributed by atoms with E-state index >= 15 is 0 Å². The summed E-state index contributed by atoms with van der Waals surface area (Å²) in [5.41, 5.74) is 7.62. The average Bonchev–Trinajstić information content (AvgIpc) is 3.81. The zero-order chi connectivity index (χ0) is 35.3. The second kappa shape index (κ2) is 11.6. The molecule has 0 radical (unpaired) electrons. The van der Waals surface area contributed by atoms with Crippen molar-refractivity contribution in [2.45, 2.75) is 0 Å². The molecular weight excluding hydrogens is 689 g/mol. The van der Waals surface area contributed by atoms with Crippen molar-refractivity contribution in [2.24, 2.45) is 0 Å². The highest BCUT2D eigenvalue weighted by Crippen LogP contribution is 2.49. The van der Waals surface area contributed by atoms with Gasteiger partial charge >= 0.3 is 0 Å². The van der Waals surface area contributed by atoms with Gasteiger partial charge in [0.15, 0.2) is 0 Å². The topological polar surface area (TPSA) is 0 Å². The largest absolute Gasteiger partial charge is 0.135 e. The molecule has 0 amide bonds.